The summed E-state index contributed by atoms with van der Waals surface area (Å²) in [6.45, 7) is 1.86. The van der Waals surface area contributed by atoms with E-state index in [9.17, 15) is 23.6 Å². The van der Waals surface area contributed by atoms with Crippen LogP contribution in [0.3, 0.4) is 0 Å². The number of rotatable bonds is 2. The average Bonchev–Trinajstić information content (AvgIpc) is 2.86. The van der Waals surface area contributed by atoms with E-state index in [2.05, 4.69) is 5.32 Å². The quantitative estimate of drug-likeness (QED) is 0.749. The number of benzene rings is 1. The van der Waals surface area contributed by atoms with E-state index in [1.54, 1.807) is 4.90 Å². The van der Waals surface area contributed by atoms with Gasteiger partial charge in [0.05, 0.1) is 30.0 Å². The Balaban J connectivity index is 1.68. The molecule has 0 aliphatic carbocycles. The number of piperidine rings is 1. The second kappa shape index (κ2) is 6.17. The van der Waals surface area contributed by atoms with Crippen molar-refractivity contribution >= 4 is 29.3 Å². The van der Waals surface area contributed by atoms with Crippen LogP contribution in [-0.2, 0) is 14.3 Å². The molecule has 9 heteroatoms. The number of nitrogens with one attached hydrogen (secondary N) is 1. The molecule has 26 heavy (non-hydrogen) atoms. The molecule has 1 aromatic carbocycles. The van der Waals surface area contributed by atoms with Gasteiger partial charge in [0, 0.05) is 19.5 Å². The third-order valence-electron chi connectivity index (χ3n) is 4.86. The van der Waals surface area contributed by atoms with Gasteiger partial charge in [-0.1, -0.05) is 0 Å². The predicted molar refractivity (Wildman–Crippen MR) is 86.1 cm³/mol. The topological polar surface area (TPSA) is 96.0 Å². The van der Waals surface area contributed by atoms with Crippen LogP contribution in [0.5, 0.6) is 0 Å². The number of hydrogen-bond acceptors (Lipinski definition) is 6. The second-order valence-electron chi connectivity index (χ2n) is 6.40. The highest BCUT2D eigenvalue weighted by atomic mass is 19.1. The molecule has 0 aromatic heterocycles. The normalized spacial score (nSPS) is 23.3. The SMILES string of the molecule is O=C1CCC(N2C(=O)c3cc(F)c(N4CCOCC4)cc3C2=O)C(=O)N1. The van der Waals surface area contributed by atoms with Gasteiger partial charge in [0.15, 0.2) is 0 Å². The largest absolute Gasteiger partial charge is 0.378 e. The van der Waals surface area contributed by atoms with Crippen LogP contribution in [0.4, 0.5) is 10.1 Å². The zero-order valence-electron chi connectivity index (χ0n) is 13.8. The summed E-state index contributed by atoms with van der Waals surface area (Å²) in [5, 5.41) is 2.13. The van der Waals surface area contributed by atoms with E-state index >= 15 is 0 Å². The van der Waals surface area contributed by atoms with Crippen LogP contribution in [-0.4, -0.2) is 60.9 Å². The number of anilines is 1. The van der Waals surface area contributed by atoms with Crippen LogP contribution in [0.25, 0.3) is 0 Å². The minimum atomic E-state index is -1.06. The van der Waals surface area contributed by atoms with Crippen molar-refractivity contribution < 1.29 is 28.3 Å². The maximum Gasteiger partial charge on any atom is 0.262 e. The molecular formula is C17H16FN3O5. The van der Waals surface area contributed by atoms with Crippen molar-refractivity contribution in [3.8, 4) is 0 Å². The molecule has 136 valence electrons. The lowest BCUT2D eigenvalue weighted by Gasteiger charge is -2.29. The summed E-state index contributed by atoms with van der Waals surface area (Å²) in [7, 11) is 0. The van der Waals surface area contributed by atoms with Gasteiger partial charge in [-0.2, -0.15) is 0 Å². The van der Waals surface area contributed by atoms with Gasteiger partial charge in [-0.05, 0) is 18.6 Å². The van der Waals surface area contributed by atoms with Crippen LogP contribution in [0.1, 0.15) is 33.6 Å². The number of carbonyl (C=O) groups excluding carboxylic acids is 4. The lowest BCUT2D eigenvalue weighted by molar-refractivity contribution is -0.136. The first-order valence-corrected chi connectivity index (χ1v) is 8.35. The first-order chi connectivity index (χ1) is 12.5. The molecule has 0 spiro atoms. The molecular weight excluding hydrogens is 345 g/mol. The molecule has 1 atom stereocenters. The van der Waals surface area contributed by atoms with Crippen LogP contribution >= 0.6 is 0 Å². The van der Waals surface area contributed by atoms with Crippen molar-refractivity contribution in [3.63, 3.8) is 0 Å². The van der Waals surface area contributed by atoms with E-state index in [-0.39, 0.29) is 29.7 Å². The molecule has 1 N–H and O–H groups in total. The Bertz CT molecular complexity index is 834. The van der Waals surface area contributed by atoms with Crippen molar-refractivity contribution in [2.75, 3.05) is 31.2 Å². The fourth-order valence-electron chi connectivity index (χ4n) is 3.53. The first kappa shape index (κ1) is 16.6. The Morgan fingerprint density at radius 2 is 1.69 bits per heavy atom. The fourth-order valence-corrected chi connectivity index (χ4v) is 3.53. The third-order valence-corrected chi connectivity index (χ3v) is 4.86. The van der Waals surface area contributed by atoms with Crippen molar-refractivity contribution in [2.45, 2.75) is 18.9 Å². The zero-order valence-corrected chi connectivity index (χ0v) is 13.8. The van der Waals surface area contributed by atoms with Crippen molar-refractivity contribution in [3.05, 3.63) is 29.1 Å². The van der Waals surface area contributed by atoms with Gasteiger partial charge in [-0.3, -0.25) is 29.4 Å². The molecule has 3 aliphatic rings. The number of fused-ring (bicyclic) bond motifs is 1. The van der Waals surface area contributed by atoms with Crippen LogP contribution < -0.4 is 10.2 Å². The number of amides is 4. The molecule has 0 saturated carbocycles. The van der Waals surface area contributed by atoms with Crippen molar-refractivity contribution in [1.82, 2.24) is 10.2 Å². The number of morpholine rings is 1. The summed E-state index contributed by atoms with van der Waals surface area (Å²) in [4.78, 5) is 51.3. The average molecular weight is 361 g/mol. The molecule has 3 heterocycles. The molecule has 3 aliphatic heterocycles. The smallest absolute Gasteiger partial charge is 0.262 e. The lowest BCUT2D eigenvalue weighted by atomic mass is 10.0. The Morgan fingerprint density at radius 1 is 1.04 bits per heavy atom. The molecule has 1 unspecified atom stereocenters. The molecule has 8 nitrogen and oxygen atoms in total. The standard InChI is InChI=1S/C17H16FN3O5/c18-11-7-9-10(8-13(11)20-3-5-26-6-4-20)17(25)21(16(9)24)12-1-2-14(22)19-15(12)23/h7-8,12H,1-6H2,(H,19,22,23). The monoisotopic (exact) mass is 361 g/mol. The number of ether oxygens (including phenoxy) is 1. The van der Waals surface area contributed by atoms with Gasteiger partial charge in [-0.25, -0.2) is 4.39 Å². The summed E-state index contributed by atoms with van der Waals surface area (Å²) in [5.74, 6) is -3.09. The Labute approximate surface area is 147 Å². The fraction of sp³-hybridized carbons (Fsp3) is 0.412. The molecule has 0 radical (unpaired) electrons. The third kappa shape index (κ3) is 2.55. The molecule has 2 saturated heterocycles. The van der Waals surface area contributed by atoms with Gasteiger partial charge in [0.25, 0.3) is 11.8 Å². The minimum absolute atomic E-state index is 0.0389. The Kier molecular flexibility index (Phi) is 3.95. The maximum absolute atomic E-state index is 14.5. The van der Waals surface area contributed by atoms with Gasteiger partial charge in [-0.15, -0.1) is 0 Å². The lowest BCUT2D eigenvalue weighted by Crippen LogP contribution is -2.54. The van der Waals surface area contributed by atoms with E-state index in [1.807, 2.05) is 0 Å². The summed E-state index contributed by atoms with van der Waals surface area (Å²) in [5.41, 5.74) is 0.245. The van der Waals surface area contributed by atoms with E-state index in [0.29, 0.717) is 26.3 Å². The second-order valence-corrected chi connectivity index (χ2v) is 6.40. The van der Waals surface area contributed by atoms with Gasteiger partial charge < -0.3 is 9.64 Å². The van der Waals surface area contributed by atoms with E-state index in [4.69, 9.17) is 4.74 Å². The Hall–Kier alpha value is -2.81. The van der Waals surface area contributed by atoms with Gasteiger partial charge >= 0.3 is 0 Å². The minimum Gasteiger partial charge on any atom is -0.378 e. The zero-order chi connectivity index (χ0) is 18.4. The molecule has 1 aromatic rings. The van der Waals surface area contributed by atoms with Crippen LogP contribution in [0.15, 0.2) is 12.1 Å². The molecule has 4 amide bonds. The summed E-state index contributed by atoms with van der Waals surface area (Å²) < 4.78 is 19.8. The summed E-state index contributed by atoms with van der Waals surface area (Å²) in [6, 6.07) is 1.35. The molecule has 4 rings (SSSR count). The highest BCUT2D eigenvalue weighted by Crippen LogP contribution is 2.32. The number of nitrogens with zero attached hydrogens (tertiary/aromatic N) is 2. The highest BCUT2D eigenvalue weighted by molar-refractivity contribution is 6.23. The maximum atomic E-state index is 14.5. The number of imide groups is 2. The van der Waals surface area contributed by atoms with Crippen molar-refractivity contribution in [1.29, 1.82) is 0 Å². The summed E-state index contributed by atoms with van der Waals surface area (Å²) in [6.07, 6.45) is 0.103. The number of carbonyl (C=O) groups is 4. The van der Waals surface area contributed by atoms with E-state index < -0.39 is 35.5 Å². The van der Waals surface area contributed by atoms with Gasteiger partial charge in [0.1, 0.15) is 11.9 Å². The van der Waals surface area contributed by atoms with E-state index in [0.717, 1.165) is 11.0 Å². The van der Waals surface area contributed by atoms with Crippen LogP contribution in [0.2, 0.25) is 0 Å². The van der Waals surface area contributed by atoms with Crippen molar-refractivity contribution in [2.24, 2.45) is 0 Å². The molecule has 0 bridgehead atoms. The number of halogens is 1. The first-order valence-electron chi connectivity index (χ1n) is 8.35. The highest BCUT2D eigenvalue weighted by Gasteiger charge is 2.45. The predicted octanol–water partition coefficient (Wildman–Crippen LogP) is 0.0635. The number of hydrogen-bond donors (Lipinski definition) is 1. The van der Waals surface area contributed by atoms with E-state index in [1.165, 1.54) is 6.07 Å². The Morgan fingerprint density at radius 3 is 2.35 bits per heavy atom. The summed E-state index contributed by atoms with van der Waals surface area (Å²) >= 11 is 0. The van der Waals surface area contributed by atoms with Gasteiger partial charge in [0.2, 0.25) is 11.8 Å². The molecule has 2 fully saturated rings. The van der Waals surface area contributed by atoms with Crippen LogP contribution in [0, 0.1) is 5.82 Å².